The number of carboxylic acids is 1. The minimum absolute atomic E-state index is 0.155. The van der Waals surface area contributed by atoms with E-state index >= 15 is 0 Å². The summed E-state index contributed by atoms with van der Waals surface area (Å²) in [5.41, 5.74) is 0.589. The molecule has 0 saturated carbocycles. The molecule has 1 spiro atoms. The topological polar surface area (TPSA) is 68.2 Å². The summed E-state index contributed by atoms with van der Waals surface area (Å²) in [6, 6.07) is 3.85. The lowest BCUT2D eigenvalue weighted by Gasteiger charge is -2.32. The second-order valence-electron chi connectivity index (χ2n) is 5.89. The molecule has 3 heterocycles. The van der Waals surface area contributed by atoms with Gasteiger partial charge in [-0.2, -0.15) is 0 Å². The lowest BCUT2D eigenvalue weighted by Crippen LogP contribution is -2.39. The zero-order valence-electron chi connectivity index (χ0n) is 12.1. The largest absolute Gasteiger partial charge is 0.481 e. The van der Waals surface area contributed by atoms with Gasteiger partial charge < -0.3 is 19.3 Å². The van der Waals surface area contributed by atoms with Gasteiger partial charge in [0.05, 0.1) is 6.42 Å². The summed E-state index contributed by atoms with van der Waals surface area (Å²) in [6.45, 7) is 2.30. The Morgan fingerprint density at radius 3 is 3.09 bits per heavy atom. The highest BCUT2D eigenvalue weighted by atomic mass is 16.7. The molecule has 1 saturated heterocycles. The van der Waals surface area contributed by atoms with Crippen molar-refractivity contribution < 1.29 is 24.1 Å². The number of likely N-dealkylation sites (tertiary alicyclic amines) is 1. The number of carbonyl (C=O) groups is 1. The second kappa shape index (κ2) is 4.91. The first kappa shape index (κ1) is 13.5. The van der Waals surface area contributed by atoms with Gasteiger partial charge in [0.2, 0.25) is 12.5 Å². The van der Waals surface area contributed by atoms with Crippen molar-refractivity contribution in [3.8, 4) is 17.2 Å². The van der Waals surface area contributed by atoms with E-state index in [-0.39, 0.29) is 13.2 Å². The van der Waals surface area contributed by atoms with Crippen LogP contribution < -0.4 is 14.2 Å². The number of benzene rings is 1. The predicted octanol–water partition coefficient (Wildman–Crippen LogP) is 1.74. The first-order valence-corrected chi connectivity index (χ1v) is 7.40. The van der Waals surface area contributed by atoms with Crippen LogP contribution in [0.1, 0.15) is 18.4 Å². The number of fused-ring (bicyclic) bond motifs is 3. The summed E-state index contributed by atoms with van der Waals surface area (Å²) in [7, 11) is 0. The maximum absolute atomic E-state index is 10.7. The number of ether oxygens (including phenoxy) is 3. The van der Waals surface area contributed by atoms with E-state index in [2.05, 4.69) is 17.1 Å². The van der Waals surface area contributed by atoms with Crippen LogP contribution in [0.3, 0.4) is 0 Å². The lowest BCUT2D eigenvalue weighted by atomic mass is 9.97. The standard InChI is InChI=1S/C16H17NO5/c18-13(19)4-7-17-8-6-16(9-17)5-3-11-1-2-12-15(14(11)22-16)21-10-20-12/h1-3,5H,4,6-10H2,(H,18,19). The molecule has 0 radical (unpaired) electrons. The van der Waals surface area contributed by atoms with Gasteiger partial charge in [-0.3, -0.25) is 9.69 Å². The van der Waals surface area contributed by atoms with Crippen LogP contribution in [-0.4, -0.2) is 48.0 Å². The van der Waals surface area contributed by atoms with Gasteiger partial charge in [-0.1, -0.05) is 6.08 Å². The summed E-state index contributed by atoms with van der Waals surface area (Å²) in [5, 5.41) is 8.81. The molecule has 0 amide bonds. The predicted molar refractivity (Wildman–Crippen MR) is 78.3 cm³/mol. The molecule has 6 nitrogen and oxygen atoms in total. The Bertz CT molecular complexity index is 656. The van der Waals surface area contributed by atoms with Crippen LogP contribution in [0.5, 0.6) is 17.2 Å². The molecule has 0 aromatic heterocycles. The van der Waals surface area contributed by atoms with E-state index in [1.54, 1.807) is 0 Å². The molecule has 116 valence electrons. The summed E-state index contributed by atoms with van der Waals surface area (Å²) in [6.07, 6.45) is 5.13. The molecule has 22 heavy (non-hydrogen) atoms. The van der Waals surface area contributed by atoms with E-state index in [1.165, 1.54) is 0 Å². The molecular formula is C16H17NO5. The molecule has 1 unspecified atom stereocenters. The number of hydrogen-bond acceptors (Lipinski definition) is 5. The fourth-order valence-electron chi connectivity index (χ4n) is 3.23. The Morgan fingerprint density at radius 2 is 2.23 bits per heavy atom. The van der Waals surface area contributed by atoms with Crippen LogP contribution in [0.15, 0.2) is 18.2 Å². The Kier molecular flexibility index (Phi) is 3.00. The number of nitrogens with zero attached hydrogens (tertiary/aromatic N) is 1. The Balaban J connectivity index is 1.55. The van der Waals surface area contributed by atoms with Crippen LogP contribution in [0.2, 0.25) is 0 Å². The van der Waals surface area contributed by atoms with Gasteiger partial charge >= 0.3 is 5.97 Å². The average molecular weight is 303 g/mol. The summed E-state index contributed by atoms with van der Waals surface area (Å²) in [4.78, 5) is 12.8. The quantitative estimate of drug-likeness (QED) is 0.917. The molecule has 1 aromatic carbocycles. The third kappa shape index (κ3) is 2.20. The number of carboxylic acid groups (broad SMARTS) is 1. The van der Waals surface area contributed by atoms with E-state index in [9.17, 15) is 4.79 Å². The maximum Gasteiger partial charge on any atom is 0.304 e. The van der Waals surface area contributed by atoms with Crippen LogP contribution in [0, 0.1) is 0 Å². The molecule has 1 aromatic rings. The van der Waals surface area contributed by atoms with E-state index in [0.717, 1.165) is 24.3 Å². The van der Waals surface area contributed by atoms with Crippen molar-refractivity contribution in [2.24, 2.45) is 0 Å². The van der Waals surface area contributed by atoms with Crippen LogP contribution in [-0.2, 0) is 4.79 Å². The highest BCUT2D eigenvalue weighted by Crippen LogP contribution is 2.48. The molecule has 3 aliphatic heterocycles. The van der Waals surface area contributed by atoms with Crippen LogP contribution in [0.25, 0.3) is 6.08 Å². The molecule has 4 rings (SSSR count). The Labute approximate surface area is 127 Å². The zero-order valence-corrected chi connectivity index (χ0v) is 12.1. The molecular weight excluding hydrogens is 286 g/mol. The van der Waals surface area contributed by atoms with Gasteiger partial charge in [-0.15, -0.1) is 0 Å². The first-order valence-electron chi connectivity index (χ1n) is 7.40. The monoisotopic (exact) mass is 303 g/mol. The van der Waals surface area contributed by atoms with Crippen LogP contribution >= 0.6 is 0 Å². The van der Waals surface area contributed by atoms with Crippen LogP contribution in [0.4, 0.5) is 0 Å². The van der Waals surface area contributed by atoms with Crippen molar-refractivity contribution in [2.45, 2.75) is 18.4 Å². The summed E-state index contributed by atoms with van der Waals surface area (Å²) in [5.74, 6) is 1.35. The minimum Gasteiger partial charge on any atom is -0.481 e. The number of hydrogen-bond donors (Lipinski definition) is 1. The summed E-state index contributed by atoms with van der Waals surface area (Å²) < 4.78 is 17.2. The lowest BCUT2D eigenvalue weighted by molar-refractivity contribution is -0.137. The SMILES string of the molecule is O=C(O)CCN1CCC2(C=Cc3ccc4c(c3O2)OCO4)C1. The Morgan fingerprint density at radius 1 is 1.32 bits per heavy atom. The molecule has 1 atom stereocenters. The molecule has 3 aliphatic rings. The third-order valence-electron chi connectivity index (χ3n) is 4.38. The normalized spacial score (nSPS) is 25.3. The average Bonchev–Trinajstić information content (AvgIpc) is 3.12. The molecule has 6 heteroatoms. The smallest absolute Gasteiger partial charge is 0.304 e. The van der Waals surface area contributed by atoms with Crippen molar-refractivity contribution >= 4 is 12.0 Å². The van der Waals surface area contributed by atoms with Gasteiger partial charge in [0.25, 0.3) is 0 Å². The second-order valence-corrected chi connectivity index (χ2v) is 5.89. The van der Waals surface area contributed by atoms with E-state index in [0.29, 0.717) is 24.6 Å². The molecule has 0 aliphatic carbocycles. The fraction of sp³-hybridized carbons (Fsp3) is 0.438. The molecule has 1 fully saturated rings. The van der Waals surface area contributed by atoms with Crippen molar-refractivity contribution in [1.29, 1.82) is 0 Å². The van der Waals surface area contributed by atoms with Crippen molar-refractivity contribution in [3.63, 3.8) is 0 Å². The highest BCUT2D eigenvalue weighted by molar-refractivity contribution is 5.70. The van der Waals surface area contributed by atoms with E-state index in [1.807, 2.05) is 12.1 Å². The third-order valence-corrected chi connectivity index (χ3v) is 4.38. The van der Waals surface area contributed by atoms with Gasteiger partial charge in [0.15, 0.2) is 11.5 Å². The van der Waals surface area contributed by atoms with Gasteiger partial charge in [-0.25, -0.2) is 0 Å². The Hall–Kier alpha value is -2.21. The number of rotatable bonds is 3. The number of aliphatic carboxylic acids is 1. The molecule has 0 bridgehead atoms. The highest BCUT2D eigenvalue weighted by Gasteiger charge is 2.41. The zero-order chi connectivity index (χ0) is 15.2. The van der Waals surface area contributed by atoms with Crippen molar-refractivity contribution in [3.05, 3.63) is 23.8 Å². The van der Waals surface area contributed by atoms with Gasteiger partial charge in [0, 0.05) is 31.6 Å². The van der Waals surface area contributed by atoms with Crippen molar-refractivity contribution in [1.82, 2.24) is 4.90 Å². The molecule has 1 N–H and O–H groups in total. The minimum atomic E-state index is -0.769. The van der Waals surface area contributed by atoms with Gasteiger partial charge in [-0.05, 0) is 18.2 Å². The summed E-state index contributed by atoms with van der Waals surface area (Å²) >= 11 is 0. The van der Waals surface area contributed by atoms with E-state index < -0.39 is 11.6 Å². The van der Waals surface area contributed by atoms with Gasteiger partial charge in [0.1, 0.15) is 5.60 Å². The van der Waals surface area contributed by atoms with Crippen molar-refractivity contribution in [2.75, 3.05) is 26.4 Å². The maximum atomic E-state index is 10.7. The van der Waals surface area contributed by atoms with E-state index in [4.69, 9.17) is 19.3 Å². The first-order chi connectivity index (χ1) is 10.7. The fourth-order valence-corrected chi connectivity index (χ4v) is 3.23.